The number of nitrogens with one attached hydrogen (secondary N) is 2. The monoisotopic (exact) mass is 352 g/mol. The number of H-pyrrole nitrogens is 2. The first-order valence-corrected chi connectivity index (χ1v) is 8.72. The highest BCUT2D eigenvalue weighted by Gasteiger charge is 2.13. The van der Waals surface area contributed by atoms with Crippen LogP contribution in [0.25, 0.3) is 33.5 Å². The Morgan fingerprint density at radius 1 is 0.815 bits per heavy atom. The van der Waals surface area contributed by atoms with Gasteiger partial charge >= 0.3 is 0 Å². The summed E-state index contributed by atoms with van der Waals surface area (Å²) in [4.78, 5) is 8.06. The van der Waals surface area contributed by atoms with Crippen molar-refractivity contribution in [3.63, 3.8) is 0 Å². The third kappa shape index (κ3) is 2.97. The van der Waals surface area contributed by atoms with Crippen LogP contribution >= 0.6 is 0 Å². The molecule has 0 saturated heterocycles. The molecule has 0 saturated carbocycles. The van der Waals surface area contributed by atoms with Gasteiger partial charge in [0.15, 0.2) is 0 Å². The van der Waals surface area contributed by atoms with Crippen molar-refractivity contribution in [3.8, 4) is 22.5 Å². The molecule has 0 atom stereocenters. The van der Waals surface area contributed by atoms with Gasteiger partial charge in [0.25, 0.3) is 0 Å². The molecule has 2 N–H and O–H groups in total. The number of benzene rings is 3. The van der Waals surface area contributed by atoms with Gasteiger partial charge in [-0.25, -0.2) is 4.98 Å². The zero-order valence-electron chi connectivity index (χ0n) is 14.4. The maximum absolute atomic E-state index is 4.68. The van der Waals surface area contributed by atoms with Crippen molar-refractivity contribution in [2.45, 2.75) is 6.42 Å². The van der Waals surface area contributed by atoms with Crippen molar-refractivity contribution in [1.29, 1.82) is 0 Å². The fraction of sp³-hybridized carbons (Fsp3) is 0.0476. The molecule has 130 valence electrons. The zero-order valence-corrected chi connectivity index (χ0v) is 14.4. The molecule has 0 amide bonds. The van der Waals surface area contributed by atoms with Gasteiger partial charge < -0.3 is 4.98 Å². The SMILES string of the molecule is c1ccc(-c2ccc(Cc3nc4ccccc4[nH]3)cc2-c2nn[nH]n2)cc1. The molecule has 0 aliphatic rings. The van der Waals surface area contributed by atoms with E-state index in [2.05, 4.69) is 60.9 Å². The average Bonchev–Trinajstić information content (AvgIpc) is 3.38. The summed E-state index contributed by atoms with van der Waals surface area (Å²) < 4.78 is 0. The lowest BCUT2D eigenvalue weighted by atomic mass is 9.96. The summed E-state index contributed by atoms with van der Waals surface area (Å²) >= 11 is 0. The van der Waals surface area contributed by atoms with Crippen LogP contribution in [0.1, 0.15) is 11.4 Å². The molecule has 5 aromatic rings. The minimum Gasteiger partial charge on any atom is -0.342 e. The van der Waals surface area contributed by atoms with Crippen LogP contribution < -0.4 is 0 Å². The number of para-hydroxylation sites is 2. The molecule has 6 heteroatoms. The Kier molecular flexibility index (Phi) is 3.72. The summed E-state index contributed by atoms with van der Waals surface area (Å²) in [6.07, 6.45) is 0.703. The van der Waals surface area contributed by atoms with E-state index in [1.807, 2.05) is 42.5 Å². The van der Waals surface area contributed by atoms with E-state index < -0.39 is 0 Å². The topological polar surface area (TPSA) is 83.1 Å². The highest BCUT2D eigenvalue weighted by Crippen LogP contribution is 2.31. The standard InChI is InChI=1S/C21H16N6/c1-2-6-15(7-3-1)16-11-10-14(12-17(16)21-24-26-27-25-21)13-20-22-18-8-4-5-9-19(18)23-20/h1-12H,13H2,(H,22,23)(H,24,25,26,27). The molecule has 27 heavy (non-hydrogen) atoms. The summed E-state index contributed by atoms with van der Waals surface area (Å²) in [6.45, 7) is 0. The molecule has 5 rings (SSSR count). The maximum atomic E-state index is 4.68. The van der Waals surface area contributed by atoms with Gasteiger partial charge in [-0.05, 0) is 40.1 Å². The van der Waals surface area contributed by atoms with Crippen molar-refractivity contribution < 1.29 is 0 Å². The van der Waals surface area contributed by atoms with E-state index in [0.717, 1.165) is 39.1 Å². The number of tetrazole rings is 1. The Bertz CT molecular complexity index is 1160. The van der Waals surface area contributed by atoms with Crippen LogP contribution in [0.5, 0.6) is 0 Å². The van der Waals surface area contributed by atoms with Crippen LogP contribution in [0.2, 0.25) is 0 Å². The molecule has 0 spiro atoms. The van der Waals surface area contributed by atoms with Crippen molar-refractivity contribution in [3.05, 3.63) is 84.2 Å². The molecule has 6 nitrogen and oxygen atoms in total. The van der Waals surface area contributed by atoms with Crippen molar-refractivity contribution in [2.75, 3.05) is 0 Å². The molecule has 0 aliphatic carbocycles. The maximum Gasteiger partial charge on any atom is 0.205 e. The van der Waals surface area contributed by atoms with Gasteiger partial charge in [-0.2, -0.15) is 5.21 Å². The van der Waals surface area contributed by atoms with E-state index in [0.29, 0.717) is 12.2 Å². The number of nitrogens with zero attached hydrogens (tertiary/aromatic N) is 4. The molecular weight excluding hydrogens is 336 g/mol. The second-order valence-corrected chi connectivity index (χ2v) is 6.36. The third-order valence-electron chi connectivity index (χ3n) is 4.57. The fourth-order valence-corrected chi connectivity index (χ4v) is 3.31. The lowest BCUT2D eigenvalue weighted by molar-refractivity contribution is 0.881. The summed E-state index contributed by atoms with van der Waals surface area (Å²) in [5, 5.41) is 14.6. The molecule has 0 radical (unpaired) electrons. The van der Waals surface area contributed by atoms with Gasteiger partial charge in [0, 0.05) is 12.0 Å². The molecule has 0 unspecified atom stereocenters. The summed E-state index contributed by atoms with van der Waals surface area (Å²) in [5.41, 5.74) is 6.30. The van der Waals surface area contributed by atoms with Gasteiger partial charge in [0.1, 0.15) is 5.82 Å². The molecule has 2 aromatic heterocycles. The van der Waals surface area contributed by atoms with Gasteiger partial charge in [-0.15, -0.1) is 10.2 Å². The Balaban J connectivity index is 1.57. The minimum absolute atomic E-state index is 0.584. The Hall–Kier alpha value is -3.80. The van der Waals surface area contributed by atoms with Gasteiger partial charge in [0.05, 0.1) is 11.0 Å². The smallest absolute Gasteiger partial charge is 0.205 e. The number of fused-ring (bicyclic) bond motifs is 1. The summed E-state index contributed by atoms with van der Waals surface area (Å²) in [7, 11) is 0. The van der Waals surface area contributed by atoms with Crippen LogP contribution in [-0.4, -0.2) is 30.6 Å². The molecule has 3 aromatic carbocycles. The summed E-state index contributed by atoms with van der Waals surface area (Å²) in [5.74, 6) is 1.52. The van der Waals surface area contributed by atoms with Crippen LogP contribution in [0.4, 0.5) is 0 Å². The van der Waals surface area contributed by atoms with Gasteiger partial charge in [-0.1, -0.05) is 54.6 Å². The predicted molar refractivity (Wildman–Crippen MR) is 104 cm³/mol. The highest BCUT2D eigenvalue weighted by atomic mass is 15.5. The largest absolute Gasteiger partial charge is 0.342 e. The molecular formula is C21H16N6. The van der Waals surface area contributed by atoms with E-state index in [1.54, 1.807) is 0 Å². The van der Waals surface area contributed by atoms with E-state index >= 15 is 0 Å². The quantitative estimate of drug-likeness (QED) is 0.512. The second-order valence-electron chi connectivity index (χ2n) is 6.36. The lowest BCUT2D eigenvalue weighted by Crippen LogP contribution is -1.94. The van der Waals surface area contributed by atoms with E-state index in [9.17, 15) is 0 Å². The normalized spacial score (nSPS) is 11.1. The summed E-state index contributed by atoms with van der Waals surface area (Å²) in [6, 6.07) is 24.6. The van der Waals surface area contributed by atoms with Gasteiger partial charge in [0.2, 0.25) is 5.82 Å². The Labute approximate surface area is 155 Å². The first kappa shape index (κ1) is 15.5. The van der Waals surface area contributed by atoms with Crippen molar-refractivity contribution in [1.82, 2.24) is 30.6 Å². The van der Waals surface area contributed by atoms with E-state index in [4.69, 9.17) is 0 Å². The number of hydrogen-bond acceptors (Lipinski definition) is 4. The van der Waals surface area contributed by atoms with Crippen LogP contribution in [0.15, 0.2) is 72.8 Å². The first-order chi connectivity index (χ1) is 13.4. The van der Waals surface area contributed by atoms with Gasteiger partial charge in [-0.3, -0.25) is 0 Å². The average molecular weight is 352 g/mol. The Morgan fingerprint density at radius 3 is 2.48 bits per heavy atom. The lowest BCUT2D eigenvalue weighted by Gasteiger charge is -2.09. The third-order valence-corrected chi connectivity index (χ3v) is 4.57. The zero-order chi connectivity index (χ0) is 18.1. The van der Waals surface area contributed by atoms with Crippen LogP contribution in [0, 0.1) is 0 Å². The first-order valence-electron chi connectivity index (χ1n) is 8.72. The molecule has 0 aliphatic heterocycles. The molecule has 0 fully saturated rings. The number of hydrogen-bond donors (Lipinski definition) is 2. The van der Waals surface area contributed by atoms with Crippen LogP contribution in [0.3, 0.4) is 0 Å². The highest BCUT2D eigenvalue weighted by molar-refractivity contribution is 5.81. The number of rotatable bonds is 4. The van der Waals surface area contributed by atoms with Crippen molar-refractivity contribution >= 4 is 11.0 Å². The number of aromatic amines is 2. The molecule has 0 bridgehead atoms. The number of imidazole rings is 1. The second kappa shape index (κ2) is 6.49. The fourth-order valence-electron chi connectivity index (χ4n) is 3.31. The Morgan fingerprint density at radius 2 is 1.67 bits per heavy atom. The molecule has 2 heterocycles. The number of aromatic nitrogens is 6. The van der Waals surface area contributed by atoms with Crippen molar-refractivity contribution in [2.24, 2.45) is 0 Å². The van der Waals surface area contributed by atoms with E-state index in [-0.39, 0.29) is 0 Å². The van der Waals surface area contributed by atoms with E-state index in [1.165, 1.54) is 0 Å². The predicted octanol–water partition coefficient (Wildman–Crippen LogP) is 4.00. The minimum atomic E-state index is 0.584. The van der Waals surface area contributed by atoms with Crippen LogP contribution in [-0.2, 0) is 6.42 Å².